The number of guanidine groups is 1. The second kappa shape index (κ2) is 9.36. The van der Waals surface area contributed by atoms with Crippen LogP contribution in [0.4, 0.5) is 0 Å². The molecule has 1 saturated heterocycles. The predicted octanol–water partition coefficient (Wildman–Crippen LogP) is 1.58. The third kappa shape index (κ3) is 6.13. The third-order valence-corrected chi connectivity index (χ3v) is 4.81. The van der Waals surface area contributed by atoms with Gasteiger partial charge in [-0.25, -0.2) is 0 Å². The van der Waals surface area contributed by atoms with Crippen molar-refractivity contribution in [2.24, 2.45) is 10.9 Å². The van der Waals surface area contributed by atoms with Crippen LogP contribution >= 0.6 is 0 Å². The molecule has 128 valence electrons. The second-order valence-electron chi connectivity index (χ2n) is 6.96. The number of rotatable bonds is 5. The van der Waals surface area contributed by atoms with Gasteiger partial charge in [0.1, 0.15) is 0 Å². The summed E-state index contributed by atoms with van der Waals surface area (Å²) in [6.45, 7) is 9.71. The topological polar surface area (TPSA) is 59.9 Å². The Morgan fingerprint density at radius 2 is 2.00 bits per heavy atom. The smallest absolute Gasteiger partial charge is 0.191 e. The molecule has 0 spiro atoms. The van der Waals surface area contributed by atoms with Crippen molar-refractivity contribution in [3.8, 4) is 0 Å². The molecule has 1 aliphatic heterocycles. The normalized spacial score (nSPS) is 31.0. The molecule has 1 heterocycles. The summed E-state index contributed by atoms with van der Waals surface area (Å²) in [7, 11) is 0. The van der Waals surface area contributed by atoms with Crippen molar-refractivity contribution in [3.05, 3.63) is 0 Å². The molecule has 1 unspecified atom stereocenters. The summed E-state index contributed by atoms with van der Waals surface area (Å²) in [4.78, 5) is 7.28. The first-order valence-electron chi connectivity index (χ1n) is 9.12. The van der Waals surface area contributed by atoms with Crippen LogP contribution < -0.4 is 10.6 Å². The van der Waals surface area contributed by atoms with Gasteiger partial charge in [-0.15, -0.1) is 0 Å². The van der Waals surface area contributed by atoms with Crippen molar-refractivity contribution in [3.63, 3.8) is 0 Å². The molecule has 0 amide bonds. The minimum atomic E-state index is -0.0985. The summed E-state index contributed by atoms with van der Waals surface area (Å²) < 4.78 is 0. The molecular formula is C17H34N4O. The van der Waals surface area contributed by atoms with E-state index in [1.54, 1.807) is 0 Å². The van der Waals surface area contributed by atoms with Crippen LogP contribution in [0, 0.1) is 5.92 Å². The van der Waals surface area contributed by atoms with Gasteiger partial charge in [0.2, 0.25) is 0 Å². The summed E-state index contributed by atoms with van der Waals surface area (Å²) in [5.74, 6) is 1.77. The molecule has 1 aliphatic carbocycles. The largest absolute Gasteiger partial charge is 0.393 e. The van der Waals surface area contributed by atoms with Crippen LogP contribution in [0.2, 0.25) is 0 Å². The van der Waals surface area contributed by atoms with E-state index in [4.69, 9.17) is 4.99 Å². The standard InChI is InChI=1S/C17H34N4O/c1-3-18-17(20-15-6-8-16(22)9-7-15)19-10-12-21-11-4-5-14(2)13-21/h14-16,22H,3-13H2,1-2H3,(H2,18,19,20). The zero-order valence-electron chi connectivity index (χ0n) is 14.4. The molecule has 22 heavy (non-hydrogen) atoms. The summed E-state index contributed by atoms with van der Waals surface area (Å²) in [6, 6.07) is 0.455. The average Bonchev–Trinajstić information content (AvgIpc) is 2.50. The van der Waals surface area contributed by atoms with Gasteiger partial charge in [-0.1, -0.05) is 6.92 Å². The fraction of sp³-hybridized carbons (Fsp3) is 0.941. The number of aliphatic imine (C=N–C) groups is 1. The van der Waals surface area contributed by atoms with Crippen molar-refractivity contribution in [1.29, 1.82) is 0 Å². The Morgan fingerprint density at radius 3 is 2.68 bits per heavy atom. The van der Waals surface area contributed by atoms with Crippen molar-refractivity contribution >= 4 is 5.96 Å². The van der Waals surface area contributed by atoms with Crippen LogP contribution in [0.15, 0.2) is 4.99 Å². The van der Waals surface area contributed by atoms with Gasteiger partial charge in [0, 0.05) is 25.7 Å². The summed E-state index contributed by atoms with van der Waals surface area (Å²) in [5, 5.41) is 16.5. The molecule has 0 radical (unpaired) electrons. The van der Waals surface area contributed by atoms with Gasteiger partial charge in [0.25, 0.3) is 0 Å². The maximum absolute atomic E-state index is 9.59. The van der Waals surface area contributed by atoms with E-state index in [2.05, 4.69) is 29.4 Å². The summed E-state index contributed by atoms with van der Waals surface area (Å²) in [6.07, 6.45) is 6.49. The fourth-order valence-corrected chi connectivity index (χ4v) is 3.53. The number of aliphatic hydroxyl groups excluding tert-OH is 1. The molecule has 2 fully saturated rings. The minimum absolute atomic E-state index is 0.0985. The van der Waals surface area contributed by atoms with Crippen molar-refractivity contribution in [2.75, 3.05) is 32.7 Å². The first kappa shape index (κ1) is 17.5. The van der Waals surface area contributed by atoms with Gasteiger partial charge in [-0.05, 0) is 57.9 Å². The molecule has 5 nitrogen and oxygen atoms in total. The van der Waals surface area contributed by atoms with Crippen LogP contribution in [0.5, 0.6) is 0 Å². The number of likely N-dealkylation sites (tertiary alicyclic amines) is 1. The highest BCUT2D eigenvalue weighted by atomic mass is 16.3. The van der Waals surface area contributed by atoms with Crippen molar-refractivity contribution in [1.82, 2.24) is 15.5 Å². The van der Waals surface area contributed by atoms with Crippen molar-refractivity contribution < 1.29 is 5.11 Å². The van der Waals surface area contributed by atoms with Crippen LogP contribution in [-0.2, 0) is 0 Å². The van der Waals surface area contributed by atoms with Gasteiger partial charge in [-0.3, -0.25) is 4.99 Å². The van der Waals surface area contributed by atoms with Gasteiger partial charge in [-0.2, -0.15) is 0 Å². The number of hydrogen-bond acceptors (Lipinski definition) is 3. The highest BCUT2D eigenvalue weighted by Gasteiger charge is 2.20. The number of nitrogens with one attached hydrogen (secondary N) is 2. The highest BCUT2D eigenvalue weighted by molar-refractivity contribution is 5.80. The molecule has 0 aromatic carbocycles. The lowest BCUT2D eigenvalue weighted by molar-refractivity contribution is 0.120. The molecule has 2 aliphatic rings. The lowest BCUT2D eigenvalue weighted by Crippen LogP contribution is -2.45. The molecular weight excluding hydrogens is 276 g/mol. The Kier molecular flexibility index (Phi) is 7.46. The second-order valence-corrected chi connectivity index (χ2v) is 6.96. The first-order valence-corrected chi connectivity index (χ1v) is 9.12. The van der Waals surface area contributed by atoms with Crippen LogP contribution in [0.1, 0.15) is 52.4 Å². The Hall–Kier alpha value is -0.810. The molecule has 0 aromatic heterocycles. The first-order chi connectivity index (χ1) is 10.7. The van der Waals surface area contributed by atoms with E-state index < -0.39 is 0 Å². The molecule has 0 aromatic rings. The van der Waals surface area contributed by atoms with Crippen molar-refractivity contribution in [2.45, 2.75) is 64.5 Å². The van der Waals surface area contributed by atoms with E-state index in [1.165, 1.54) is 25.9 Å². The maximum Gasteiger partial charge on any atom is 0.191 e. The van der Waals surface area contributed by atoms with E-state index in [-0.39, 0.29) is 6.10 Å². The third-order valence-electron chi connectivity index (χ3n) is 4.81. The maximum atomic E-state index is 9.59. The Bertz CT molecular complexity index is 340. The average molecular weight is 310 g/mol. The van der Waals surface area contributed by atoms with Crippen LogP contribution in [0.25, 0.3) is 0 Å². The highest BCUT2D eigenvalue weighted by Crippen LogP contribution is 2.18. The number of aliphatic hydroxyl groups is 1. The lowest BCUT2D eigenvalue weighted by Gasteiger charge is -2.30. The van der Waals surface area contributed by atoms with Gasteiger partial charge in [0.05, 0.1) is 12.6 Å². The van der Waals surface area contributed by atoms with E-state index in [0.29, 0.717) is 6.04 Å². The SMILES string of the molecule is CCNC(=NCCN1CCCC(C)C1)NC1CCC(O)CC1. The minimum Gasteiger partial charge on any atom is -0.393 e. The zero-order chi connectivity index (χ0) is 15.8. The van der Waals surface area contributed by atoms with E-state index in [0.717, 1.165) is 57.2 Å². The molecule has 2 rings (SSSR count). The molecule has 3 N–H and O–H groups in total. The van der Waals surface area contributed by atoms with Crippen LogP contribution in [-0.4, -0.2) is 60.8 Å². The van der Waals surface area contributed by atoms with Gasteiger partial charge < -0.3 is 20.6 Å². The van der Waals surface area contributed by atoms with Gasteiger partial charge >= 0.3 is 0 Å². The Balaban J connectivity index is 1.74. The van der Waals surface area contributed by atoms with E-state index in [1.807, 2.05) is 0 Å². The summed E-state index contributed by atoms with van der Waals surface area (Å²) in [5.41, 5.74) is 0. The Labute approximate surface area is 135 Å². The number of piperidine rings is 1. The van der Waals surface area contributed by atoms with E-state index >= 15 is 0 Å². The fourth-order valence-electron chi connectivity index (χ4n) is 3.53. The summed E-state index contributed by atoms with van der Waals surface area (Å²) >= 11 is 0. The zero-order valence-corrected chi connectivity index (χ0v) is 14.4. The monoisotopic (exact) mass is 310 g/mol. The molecule has 5 heteroatoms. The Morgan fingerprint density at radius 1 is 1.23 bits per heavy atom. The molecule has 1 saturated carbocycles. The predicted molar refractivity (Wildman–Crippen MR) is 92.2 cm³/mol. The lowest BCUT2D eigenvalue weighted by atomic mass is 9.93. The number of nitrogens with zero attached hydrogens (tertiary/aromatic N) is 2. The quantitative estimate of drug-likeness (QED) is 0.533. The number of hydrogen-bond donors (Lipinski definition) is 3. The molecule has 1 atom stereocenters. The van der Waals surface area contributed by atoms with Gasteiger partial charge in [0.15, 0.2) is 5.96 Å². The van der Waals surface area contributed by atoms with E-state index in [9.17, 15) is 5.11 Å². The molecule has 0 bridgehead atoms. The van der Waals surface area contributed by atoms with Crippen LogP contribution in [0.3, 0.4) is 0 Å².